The minimum Gasteiger partial charge on any atom is -0.309 e. The minimum absolute atomic E-state index is 0. The summed E-state index contributed by atoms with van der Waals surface area (Å²) in [5.41, 5.74) is 2.74. The zero-order valence-electron chi connectivity index (χ0n) is 13.6. The van der Waals surface area contributed by atoms with Crippen LogP contribution >= 0.6 is 24.2 Å². The smallest absolute Gasteiger partial charge is 0.0292 e. The van der Waals surface area contributed by atoms with Crippen LogP contribution in [0, 0.1) is 0 Å². The fourth-order valence-electron chi connectivity index (χ4n) is 2.16. The maximum Gasteiger partial charge on any atom is 0.0292 e. The van der Waals surface area contributed by atoms with E-state index < -0.39 is 0 Å². The summed E-state index contributed by atoms with van der Waals surface area (Å²) in [6.45, 7) is 7.85. The van der Waals surface area contributed by atoms with E-state index >= 15 is 0 Å². The van der Waals surface area contributed by atoms with Gasteiger partial charge in [-0.25, -0.2) is 0 Å². The van der Waals surface area contributed by atoms with E-state index in [1.165, 1.54) is 11.1 Å². The third kappa shape index (κ3) is 6.43. The Kier molecular flexibility index (Phi) is 8.02. The van der Waals surface area contributed by atoms with E-state index in [-0.39, 0.29) is 17.2 Å². The lowest BCUT2D eigenvalue weighted by Gasteiger charge is -2.27. The summed E-state index contributed by atoms with van der Waals surface area (Å²) < 4.78 is 0.221. The Balaban J connectivity index is 0.00000242. The van der Waals surface area contributed by atoms with Gasteiger partial charge in [0, 0.05) is 23.1 Å². The van der Waals surface area contributed by atoms with Gasteiger partial charge in [0.1, 0.15) is 0 Å². The molecule has 0 aliphatic heterocycles. The molecule has 0 aliphatic rings. The van der Waals surface area contributed by atoms with Gasteiger partial charge in [0.15, 0.2) is 0 Å². The van der Waals surface area contributed by atoms with E-state index in [1.807, 2.05) is 11.8 Å². The lowest BCUT2D eigenvalue weighted by molar-refractivity contribution is 0.522. The number of halogens is 1. The van der Waals surface area contributed by atoms with Gasteiger partial charge in [-0.05, 0) is 31.9 Å². The predicted octanol–water partition coefficient (Wildman–Crippen LogP) is 5.47. The first kappa shape index (κ1) is 19.1. The van der Waals surface area contributed by atoms with Crippen LogP contribution in [-0.2, 0) is 5.75 Å². The van der Waals surface area contributed by atoms with Crippen LogP contribution in [0.1, 0.15) is 37.9 Å². The summed E-state index contributed by atoms with van der Waals surface area (Å²) in [4.78, 5) is 0. The summed E-state index contributed by atoms with van der Waals surface area (Å²) in [5, 5.41) is 3.65. The molecule has 22 heavy (non-hydrogen) atoms. The zero-order chi connectivity index (χ0) is 15.1. The molecule has 120 valence electrons. The van der Waals surface area contributed by atoms with Gasteiger partial charge in [-0.1, -0.05) is 60.7 Å². The molecule has 0 heterocycles. The van der Waals surface area contributed by atoms with E-state index in [0.29, 0.717) is 6.04 Å². The molecule has 0 aromatic heterocycles. The summed E-state index contributed by atoms with van der Waals surface area (Å²) in [5.74, 6) is 1.06. The molecular formula is C19H26ClNS. The molecule has 0 saturated heterocycles. The Morgan fingerprint density at radius 3 is 2.09 bits per heavy atom. The number of thioether (sulfide) groups is 1. The highest BCUT2D eigenvalue weighted by Crippen LogP contribution is 2.28. The van der Waals surface area contributed by atoms with E-state index in [1.54, 1.807) is 0 Å². The summed E-state index contributed by atoms with van der Waals surface area (Å²) in [6, 6.07) is 21.7. The van der Waals surface area contributed by atoms with Crippen LogP contribution in [0.25, 0.3) is 0 Å². The molecule has 3 heteroatoms. The number of hydrogen-bond acceptors (Lipinski definition) is 2. The molecule has 2 aromatic rings. The predicted molar refractivity (Wildman–Crippen MR) is 102 cm³/mol. The number of nitrogens with one attached hydrogen (secondary N) is 1. The Hall–Kier alpha value is -0.960. The van der Waals surface area contributed by atoms with Crippen LogP contribution in [0.4, 0.5) is 0 Å². The molecule has 1 N–H and O–H groups in total. The van der Waals surface area contributed by atoms with Crippen molar-refractivity contribution in [1.29, 1.82) is 0 Å². The number of benzene rings is 2. The molecule has 0 saturated carbocycles. The minimum atomic E-state index is 0. The van der Waals surface area contributed by atoms with E-state index in [9.17, 15) is 0 Å². The second-order valence-corrected chi connectivity index (χ2v) is 7.73. The van der Waals surface area contributed by atoms with Gasteiger partial charge in [-0.3, -0.25) is 0 Å². The van der Waals surface area contributed by atoms with E-state index in [0.717, 1.165) is 12.3 Å². The third-order valence-electron chi connectivity index (χ3n) is 3.61. The standard InChI is InChI=1S/C19H25NS.ClH/c1-16(18-12-8-5-9-13-18)20-15-19(2,3)21-14-17-10-6-4-7-11-17;/h4-13,16,20H,14-15H2,1-3H3;1H. The van der Waals surface area contributed by atoms with Crippen molar-refractivity contribution in [3.63, 3.8) is 0 Å². The molecule has 1 atom stereocenters. The lowest BCUT2D eigenvalue weighted by atomic mass is 10.1. The molecule has 0 fully saturated rings. The Labute approximate surface area is 145 Å². The van der Waals surface area contributed by atoms with Crippen LogP contribution in [0.15, 0.2) is 60.7 Å². The van der Waals surface area contributed by atoms with E-state index in [2.05, 4.69) is 86.8 Å². The third-order valence-corrected chi connectivity index (χ3v) is 5.01. The Bertz CT molecular complexity index is 528. The maximum absolute atomic E-state index is 3.65. The highest BCUT2D eigenvalue weighted by Gasteiger charge is 2.19. The number of hydrogen-bond donors (Lipinski definition) is 1. The average Bonchev–Trinajstić information content (AvgIpc) is 2.53. The first-order chi connectivity index (χ1) is 10.1. The van der Waals surface area contributed by atoms with Crippen molar-refractivity contribution in [2.45, 2.75) is 37.3 Å². The van der Waals surface area contributed by atoms with Crippen LogP contribution in [-0.4, -0.2) is 11.3 Å². The van der Waals surface area contributed by atoms with Crippen molar-refractivity contribution in [3.05, 3.63) is 71.8 Å². The van der Waals surface area contributed by atoms with Gasteiger partial charge >= 0.3 is 0 Å². The normalized spacial score (nSPS) is 12.5. The van der Waals surface area contributed by atoms with Crippen molar-refractivity contribution < 1.29 is 0 Å². The van der Waals surface area contributed by atoms with Crippen LogP contribution < -0.4 is 5.32 Å². The first-order valence-electron chi connectivity index (χ1n) is 7.53. The van der Waals surface area contributed by atoms with E-state index in [4.69, 9.17) is 0 Å². The SMILES string of the molecule is CC(NCC(C)(C)SCc1ccccc1)c1ccccc1.Cl. The lowest BCUT2D eigenvalue weighted by Crippen LogP contribution is -2.34. The van der Waals surface area contributed by atoms with Crippen molar-refractivity contribution in [2.24, 2.45) is 0 Å². The molecule has 0 radical (unpaired) electrons. The molecule has 0 amide bonds. The molecule has 0 spiro atoms. The fourth-order valence-corrected chi connectivity index (χ4v) is 3.10. The largest absolute Gasteiger partial charge is 0.309 e. The van der Waals surface area contributed by atoms with Crippen molar-refractivity contribution in [1.82, 2.24) is 5.32 Å². The Morgan fingerprint density at radius 2 is 1.50 bits per heavy atom. The monoisotopic (exact) mass is 335 g/mol. The summed E-state index contributed by atoms with van der Waals surface area (Å²) in [6.07, 6.45) is 0. The quantitative estimate of drug-likeness (QED) is 0.720. The van der Waals surface area contributed by atoms with Crippen LogP contribution in [0.3, 0.4) is 0 Å². The first-order valence-corrected chi connectivity index (χ1v) is 8.52. The zero-order valence-corrected chi connectivity index (χ0v) is 15.2. The molecule has 0 aliphatic carbocycles. The highest BCUT2D eigenvalue weighted by molar-refractivity contribution is 7.99. The van der Waals surface area contributed by atoms with Crippen LogP contribution in [0.2, 0.25) is 0 Å². The van der Waals surface area contributed by atoms with Crippen molar-refractivity contribution in [2.75, 3.05) is 6.54 Å². The van der Waals surface area contributed by atoms with Crippen molar-refractivity contribution >= 4 is 24.2 Å². The second-order valence-electron chi connectivity index (χ2n) is 6.05. The van der Waals surface area contributed by atoms with Crippen LogP contribution in [0.5, 0.6) is 0 Å². The topological polar surface area (TPSA) is 12.0 Å². The molecule has 1 unspecified atom stereocenters. The molecule has 0 bridgehead atoms. The average molecular weight is 336 g/mol. The Morgan fingerprint density at radius 1 is 0.955 bits per heavy atom. The molecular weight excluding hydrogens is 310 g/mol. The van der Waals surface area contributed by atoms with Gasteiger partial charge in [-0.2, -0.15) is 0 Å². The highest BCUT2D eigenvalue weighted by atomic mass is 35.5. The molecule has 2 aromatic carbocycles. The van der Waals surface area contributed by atoms with Gasteiger partial charge in [0.05, 0.1) is 0 Å². The number of rotatable bonds is 7. The summed E-state index contributed by atoms with van der Waals surface area (Å²) >= 11 is 2.01. The maximum atomic E-state index is 3.65. The van der Waals surface area contributed by atoms with Crippen molar-refractivity contribution in [3.8, 4) is 0 Å². The van der Waals surface area contributed by atoms with Gasteiger partial charge in [0.2, 0.25) is 0 Å². The fraction of sp³-hybridized carbons (Fsp3) is 0.368. The summed E-state index contributed by atoms with van der Waals surface area (Å²) in [7, 11) is 0. The second kappa shape index (κ2) is 9.24. The van der Waals surface area contributed by atoms with Gasteiger partial charge < -0.3 is 5.32 Å². The van der Waals surface area contributed by atoms with Gasteiger partial charge in [-0.15, -0.1) is 24.2 Å². The van der Waals surface area contributed by atoms with Gasteiger partial charge in [0.25, 0.3) is 0 Å². The molecule has 1 nitrogen and oxygen atoms in total. The molecule has 2 rings (SSSR count).